The number of rotatable bonds is 6. The van der Waals surface area contributed by atoms with Crippen LogP contribution in [0.3, 0.4) is 0 Å². The van der Waals surface area contributed by atoms with Crippen LogP contribution in [0.1, 0.15) is 21.6 Å². The molecule has 2 rings (SSSR count). The zero-order chi connectivity index (χ0) is 18.6. The number of ether oxygens (including phenoxy) is 1. The number of sulfonamides is 1. The molecule has 0 amide bonds. The molecule has 6 nitrogen and oxygen atoms in total. The summed E-state index contributed by atoms with van der Waals surface area (Å²) in [4.78, 5) is 15.0. The number of hydrogen-bond acceptors (Lipinski definition) is 5. The summed E-state index contributed by atoms with van der Waals surface area (Å²) >= 11 is 5.65. The number of benzene rings is 1. The van der Waals surface area contributed by atoms with Gasteiger partial charge in [0.05, 0.1) is 34.8 Å². The third-order valence-electron chi connectivity index (χ3n) is 3.26. The van der Waals surface area contributed by atoms with Crippen molar-refractivity contribution < 1.29 is 22.3 Å². The average molecular weight is 385 g/mol. The third-order valence-corrected chi connectivity index (χ3v) is 4.95. The second kappa shape index (κ2) is 7.73. The summed E-state index contributed by atoms with van der Waals surface area (Å²) in [6.07, 6.45) is 1.28. The molecule has 0 radical (unpaired) electrons. The number of hydrogen-bond donors (Lipinski definition) is 1. The van der Waals surface area contributed by atoms with Crippen LogP contribution in [0.25, 0.3) is 4.91 Å². The van der Waals surface area contributed by atoms with Crippen molar-refractivity contribution in [2.75, 3.05) is 7.11 Å². The Morgan fingerprint density at radius 3 is 2.56 bits per heavy atom. The highest BCUT2D eigenvalue weighted by atomic mass is 35.5. The number of methoxy groups -OCH3 is 1. The van der Waals surface area contributed by atoms with Gasteiger partial charge in [0.15, 0.2) is 0 Å². The summed E-state index contributed by atoms with van der Waals surface area (Å²) in [5.74, 6) is -1.19. The van der Waals surface area contributed by atoms with Crippen LogP contribution in [0.2, 0.25) is 5.02 Å². The number of nitrogens with one attached hydrogen (secondary N) is 1. The molecule has 9 heteroatoms. The lowest BCUT2D eigenvalue weighted by atomic mass is 10.2. The highest BCUT2D eigenvalue weighted by Crippen LogP contribution is 2.23. The second-order valence-electron chi connectivity index (χ2n) is 4.91. The van der Waals surface area contributed by atoms with Crippen molar-refractivity contribution in [1.29, 1.82) is 0 Å². The predicted octanol–water partition coefficient (Wildman–Crippen LogP) is 2.75. The summed E-state index contributed by atoms with van der Waals surface area (Å²) in [6.45, 7) is 3.40. The van der Waals surface area contributed by atoms with Gasteiger partial charge in [0.1, 0.15) is 5.82 Å². The van der Waals surface area contributed by atoms with Gasteiger partial charge in [0, 0.05) is 6.20 Å². The Morgan fingerprint density at radius 2 is 2.00 bits per heavy atom. The Bertz CT molecular complexity index is 914. The summed E-state index contributed by atoms with van der Waals surface area (Å²) in [5.41, 5.74) is 0.813. The van der Waals surface area contributed by atoms with E-state index in [-0.39, 0.29) is 27.6 Å². The number of halogens is 2. The van der Waals surface area contributed by atoms with Crippen LogP contribution in [-0.4, -0.2) is 26.5 Å². The molecule has 0 aliphatic carbocycles. The van der Waals surface area contributed by atoms with Gasteiger partial charge in [-0.25, -0.2) is 22.3 Å². The van der Waals surface area contributed by atoms with Crippen LogP contribution in [0, 0.1) is 5.82 Å². The molecule has 1 heterocycles. The SMILES string of the molecule is C=C(c1ccc(F)c(Cl)c1)S(=O)(=O)NCc1ccc(C(=O)OC)cn1. The molecule has 0 unspecified atom stereocenters. The monoisotopic (exact) mass is 384 g/mol. The quantitative estimate of drug-likeness (QED) is 0.774. The first-order chi connectivity index (χ1) is 11.7. The Kier molecular flexibility index (Phi) is 5.89. The van der Waals surface area contributed by atoms with E-state index >= 15 is 0 Å². The number of aromatic nitrogens is 1. The molecule has 132 valence electrons. The number of carbonyl (C=O) groups is 1. The first-order valence-electron chi connectivity index (χ1n) is 6.92. The van der Waals surface area contributed by atoms with Gasteiger partial charge in [-0.1, -0.05) is 24.2 Å². The van der Waals surface area contributed by atoms with Gasteiger partial charge in [-0.05, 0) is 29.8 Å². The highest BCUT2D eigenvalue weighted by molar-refractivity contribution is 7.98. The molecule has 0 aliphatic rings. The molecule has 1 aromatic carbocycles. The minimum atomic E-state index is -3.93. The normalized spacial score (nSPS) is 11.2. The van der Waals surface area contributed by atoms with Crippen molar-refractivity contribution in [3.05, 3.63) is 70.8 Å². The van der Waals surface area contributed by atoms with Gasteiger partial charge in [0.2, 0.25) is 10.0 Å². The molecular formula is C16H14ClFN2O4S. The molecular weight excluding hydrogens is 371 g/mol. The smallest absolute Gasteiger partial charge is 0.339 e. The molecule has 0 aliphatic heterocycles. The molecule has 0 bridgehead atoms. The fourth-order valence-corrected chi connectivity index (χ4v) is 2.98. The van der Waals surface area contributed by atoms with E-state index in [1.54, 1.807) is 0 Å². The molecule has 25 heavy (non-hydrogen) atoms. The first-order valence-corrected chi connectivity index (χ1v) is 8.78. The minimum absolute atomic E-state index is 0.113. The van der Waals surface area contributed by atoms with E-state index in [0.29, 0.717) is 5.69 Å². The zero-order valence-corrected chi connectivity index (χ0v) is 14.7. The van der Waals surface area contributed by atoms with Crippen molar-refractivity contribution in [2.24, 2.45) is 0 Å². The maximum absolute atomic E-state index is 13.2. The van der Waals surface area contributed by atoms with Gasteiger partial charge in [-0.3, -0.25) is 4.98 Å². The van der Waals surface area contributed by atoms with Crippen molar-refractivity contribution >= 4 is 32.5 Å². The lowest BCUT2D eigenvalue weighted by Crippen LogP contribution is -2.24. The Hall–Kier alpha value is -2.29. The van der Waals surface area contributed by atoms with Gasteiger partial charge < -0.3 is 4.74 Å². The van der Waals surface area contributed by atoms with E-state index in [1.807, 2.05) is 0 Å². The number of esters is 1. The highest BCUT2D eigenvalue weighted by Gasteiger charge is 2.18. The zero-order valence-electron chi connectivity index (χ0n) is 13.1. The molecule has 0 atom stereocenters. The van der Waals surface area contributed by atoms with E-state index in [2.05, 4.69) is 21.0 Å². The lowest BCUT2D eigenvalue weighted by Gasteiger charge is -2.10. The Labute approximate surface area is 149 Å². The largest absolute Gasteiger partial charge is 0.465 e. The minimum Gasteiger partial charge on any atom is -0.465 e. The van der Waals surface area contributed by atoms with E-state index in [0.717, 1.165) is 6.07 Å². The molecule has 0 saturated heterocycles. The number of pyridine rings is 1. The van der Waals surface area contributed by atoms with Crippen LogP contribution in [0.4, 0.5) is 4.39 Å². The van der Waals surface area contributed by atoms with Crippen molar-refractivity contribution in [2.45, 2.75) is 6.54 Å². The fourth-order valence-electron chi connectivity index (χ4n) is 1.85. The number of nitrogens with zero attached hydrogens (tertiary/aromatic N) is 1. The van der Waals surface area contributed by atoms with Gasteiger partial charge in [-0.15, -0.1) is 0 Å². The standard InChI is InChI=1S/C16H14ClFN2O4S/c1-10(11-4-6-15(18)14(17)7-11)25(22,23)20-9-13-5-3-12(8-19-13)16(21)24-2/h3-8,20H,1,9H2,2H3. The van der Waals surface area contributed by atoms with Crippen molar-refractivity contribution in [3.63, 3.8) is 0 Å². The molecule has 0 saturated carbocycles. The van der Waals surface area contributed by atoms with Crippen LogP contribution in [-0.2, 0) is 21.3 Å². The summed E-state index contributed by atoms with van der Waals surface area (Å²) in [7, 11) is -2.68. The maximum atomic E-state index is 13.2. The third kappa shape index (κ3) is 4.62. The second-order valence-corrected chi connectivity index (χ2v) is 7.10. The van der Waals surface area contributed by atoms with E-state index < -0.39 is 21.8 Å². The molecule has 0 fully saturated rings. The molecule has 2 aromatic rings. The summed E-state index contributed by atoms with van der Waals surface area (Å²) in [6, 6.07) is 6.48. The molecule has 1 N–H and O–H groups in total. The maximum Gasteiger partial charge on any atom is 0.339 e. The van der Waals surface area contributed by atoms with Crippen molar-refractivity contribution in [1.82, 2.24) is 9.71 Å². The lowest BCUT2D eigenvalue weighted by molar-refractivity contribution is 0.0600. The van der Waals surface area contributed by atoms with Crippen LogP contribution >= 0.6 is 11.6 Å². The van der Waals surface area contributed by atoms with Crippen LogP contribution in [0.15, 0.2) is 43.1 Å². The number of carbonyl (C=O) groups excluding carboxylic acids is 1. The van der Waals surface area contributed by atoms with E-state index in [9.17, 15) is 17.6 Å². The van der Waals surface area contributed by atoms with E-state index in [1.165, 1.54) is 37.6 Å². The van der Waals surface area contributed by atoms with Crippen LogP contribution < -0.4 is 4.72 Å². The topological polar surface area (TPSA) is 85.4 Å². The summed E-state index contributed by atoms with van der Waals surface area (Å²) in [5, 5.41) is -0.200. The van der Waals surface area contributed by atoms with Gasteiger partial charge >= 0.3 is 5.97 Å². The van der Waals surface area contributed by atoms with Crippen LogP contribution in [0.5, 0.6) is 0 Å². The average Bonchev–Trinajstić information content (AvgIpc) is 2.61. The van der Waals surface area contributed by atoms with Crippen molar-refractivity contribution in [3.8, 4) is 0 Å². The predicted molar refractivity (Wildman–Crippen MR) is 91.8 cm³/mol. The Morgan fingerprint density at radius 1 is 1.32 bits per heavy atom. The molecule has 1 aromatic heterocycles. The fraction of sp³-hybridized carbons (Fsp3) is 0.125. The molecule has 0 spiro atoms. The summed E-state index contributed by atoms with van der Waals surface area (Å²) < 4.78 is 44.6. The van der Waals surface area contributed by atoms with Gasteiger partial charge in [0.25, 0.3) is 0 Å². The first kappa shape index (κ1) is 19.0. The van der Waals surface area contributed by atoms with E-state index in [4.69, 9.17) is 11.6 Å². The van der Waals surface area contributed by atoms with Gasteiger partial charge in [-0.2, -0.15) is 0 Å². The Balaban J connectivity index is 2.09.